The molecule has 0 saturated heterocycles. The van der Waals surface area contributed by atoms with Crippen molar-refractivity contribution in [1.29, 1.82) is 0 Å². The third-order valence-corrected chi connectivity index (χ3v) is 3.23. The molecule has 0 aliphatic carbocycles. The average molecular weight is 346 g/mol. The van der Waals surface area contributed by atoms with Crippen molar-refractivity contribution in [1.82, 2.24) is 5.32 Å². The summed E-state index contributed by atoms with van der Waals surface area (Å²) in [6, 6.07) is 4.04. The van der Waals surface area contributed by atoms with E-state index in [4.69, 9.17) is 14.2 Å². The highest BCUT2D eigenvalue weighted by molar-refractivity contribution is 9.10. The average Bonchev–Trinajstić information content (AvgIpc) is 2.40. The number of hydrogen-bond acceptors (Lipinski definition) is 4. The summed E-state index contributed by atoms with van der Waals surface area (Å²) in [5.41, 5.74) is 1.14. The molecule has 1 aromatic carbocycles. The molecule has 5 heteroatoms. The molecule has 0 atom stereocenters. The fourth-order valence-electron chi connectivity index (χ4n) is 1.76. The van der Waals surface area contributed by atoms with Gasteiger partial charge in [0.1, 0.15) is 0 Å². The predicted octanol–water partition coefficient (Wildman–Crippen LogP) is 3.37. The molecule has 20 heavy (non-hydrogen) atoms. The number of halogens is 1. The van der Waals surface area contributed by atoms with Crippen molar-refractivity contribution >= 4 is 15.9 Å². The van der Waals surface area contributed by atoms with Gasteiger partial charge in [-0.05, 0) is 54.4 Å². The van der Waals surface area contributed by atoms with Gasteiger partial charge in [-0.25, -0.2) is 0 Å². The first-order valence-electron chi connectivity index (χ1n) is 6.90. The minimum Gasteiger partial charge on any atom is -0.493 e. The maximum atomic E-state index is 5.57. The van der Waals surface area contributed by atoms with Crippen LogP contribution in [0.2, 0.25) is 0 Å². The molecule has 114 valence electrons. The molecular formula is C15H24BrNO3. The van der Waals surface area contributed by atoms with E-state index in [1.165, 1.54) is 0 Å². The van der Waals surface area contributed by atoms with E-state index in [0.717, 1.165) is 34.6 Å². The van der Waals surface area contributed by atoms with Crippen LogP contribution in [0.15, 0.2) is 16.6 Å². The fourth-order valence-corrected chi connectivity index (χ4v) is 2.36. The minimum atomic E-state index is 0.275. The van der Waals surface area contributed by atoms with Crippen LogP contribution in [0.5, 0.6) is 11.5 Å². The quantitative estimate of drug-likeness (QED) is 0.696. The molecule has 1 aromatic rings. The van der Waals surface area contributed by atoms with Gasteiger partial charge in [0.15, 0.2) is 11.5 Å². The Kier molecular flexibility index (Phi) is 7.95. The van der Waals surface area contributed by atoms with Crippen LogP contribution in [0.3, 0.4) is 0 Å². The highest BCUT2D eigenvalue weighted by Gasteiger charge is 2.10. The standard InChI is InChI=1S/C15H24BrNO3/c1-5-19-15-13(16)8-12(9-14(15)18-4)10-17-6-7-20-11(2)3/h8-9,11,17H,5-7,10H2,1-4H3. The molecule has 0 fully saturated rings. The number of nitrogens with one attached hydrogen (secondary N) is 1. The van der Waals surface area contributed by atoms with E-state index in [-0.39, 0.29) is 6.10 Å². The SMILES string of the molecule is CCOc1c(Br)cc(CNCCOC(C)C)cc1OC. The Bertz CT molecular complexity index is 410. The molecule has 0 aliphatic heterocycles. The molecule has 0 heterocycles. The van der Waals surface area contributed by atoms with Crippen LogP contribution in [0.4, 0.5) is 0 Å². The maximum Gasteiger partial charge on any atom is 0.175 e. The molecule has 0 amide bonds. The second-order valence-corrected chi connectivity index (χ2v) is 5.49. The van der Waals surface area contributed by atoms with Gasteiger partial charge in [-0.15, -0.1) is 0 Å². The second-order valence-electron chi connectivity index (χ2n) is 4.64. The number of hydrogen-bond donors (Lipinski definition) is 1. The van der Waals surface area contributed by atoms with Crippen molar-refractivity contribution in [2.45, 2.75) is 33.4 Å². The summed E-state index contributed by atoms with van der Waals surface area (Å²) in [5.74, 6) is 1.50. The lowest BCUT2D eigenvalue weighted by Crippen LogP contribution is -2.21. The van der Waals surface area contributed by atoms with E-state index in [0.29, 0.717) is 13.2 Å². The van der Waals surface area contributed by atoms with Crippen LogP contribution in [0.25, 0.3) is 0 Å². The number of methoxy groups -OCH3 is 1. The highest BCUT2D eigenvalue weighted by Crippen LogP contribution is 2.36. The lowest BCUT2D eigenvalue weighted by molar-refractivity contribution is 0.0807. The molecule has 0 aliphatic rings. The molecule has 4 nitrogen and oxygen atoms in total. The van der Waals surface area contributed by atoms with Gasteiger partial charge < -0.3 is 19.5 Å². The van der Waals surface area contributed by atoms with Gasteiger partial charge in [0.05, 0.1) is 30.9 Å². The monoisotopic (exact) mass is 345 g/mol. The predicted molar refractivity (Wildman–Crippen MR) is 84.7 cm³/mol. The van der Waals surface area contributed by atoms with Crippen molar-refractivity contribution in [3.8, 4) is 11.5 Å². The Morgan fingerprint density at radius 2 is 2.05 bits per heavy atom. The summed E-state index contributed by atoms with van der Waals surface area (Å²) in [6.45, 7) is 8.94. The topological polar surface area (TPSA) is 39.7 Å². The first-order chi connectivity index (χ1) is 9.58. The van der Waals surface area contributed by atoms with Gasteiger partial charge >= 0.3 is 0 Å². The first-order valence-corrected chi connectivity index (χ1v) is 7.69. The van der Waals surface area contributed by atoms with Gasteiger partial charge in [-0.2, -0.15) is 0 Å². The summed E-state index contributed by atoms with van der Waals surface area (Å²) in [4.78, 5) is 0. The lowest BCUT2D eigenvalue weighted by atomic mass is 10.2. The third-order valence-electron chi connectivity index (χ3n) is 2.64. The second kappa shape index (κ2) is 9.21. The molecule has 0 radical (unpaired) electrons. The van der Waals surface area contributed by atoms with Crippen molar-refractivity contribution in [2.75, 3.05) is 26.9 Å². The van der Waals surface area contributed by atoms with E-state index >= 15 is 0 Å². The Hall–Kier alpha value is -0.780. The zero-order chi connectivity index (χ0) is 15.0. The lowest BCUT2D eigenvalue weighted by Gasteiger charge is -2.14. The molecule has 0 spiro atoms. The summed E-state index contributed by atoms with van der Waals surface area (Å²) in [7, 11) is 1.65. The van der Waals surface area contributed by atoms with Crippen LogP contribution in [0.1, 0.15) is 26.3 Å². The maximum absolute atomic E-state index is 5.57. The molecular weight excluding hydrogens is 322 g/mol. The Labute approximate surface area is 129 Å². The highest BCUT2D eigenvalue weighted by atomic mass is 79.9. The molecule has 1 N–H and O–H groups in total. The van der Waals surface area contributed by atoms with Gasteiger partial charge in [0.2, 0.25) is 0 Å². The number of rotatable bonds is 9. The van der Waals surface area contributed by atoms with Gasteiger partial charge in [-0.3, -0.25) is 0 Å². The molecule has 0 unspecified atom stereocenters. The van der Waals surface area contributed by atoms with Crippen LogP contribution in [0, 0.1) is 0 Å². The smallest absolute Gasteiger partial charge is 0.175 e. The Morgan fingerprint density at radius 1 is 1.30 bits per heavy atom. The van der Waals surface area contributed by atoms with Crippen molar-refractivity contribution in [2.24, 2.45) is 0 Å². The first kappa shape index (κ1) is 17.3. The summed E-state index contributed by atoms with van der Waals surface area (Å²) >= 11 is 3.52. The van der Waals surface area contributed by atoms with Gasteiger partial charge in [0, 0.05) is 13.1 Å². The van der Waals surface area contributed by atoms with E-state index in [1.54, 1.807) is 7.11 Å². The van der Waals surface area contributed by atoms with E-state index in [1.807, 2.05) is 32.9 Å². The Morgan fingerprint density at radius 3 is 2.65 bits per heavy atom. The summed E-state index contributed by atoms with van der Waals surface area (Å²) < 4.78 is 17.3. The van der Waals surface area contributed by atoms with E-state index in [2.05, 4.69) is 21.2 Å². The zero-order valence-electron chi connectivity index (χ0n) is 12.7. The van der Waals surface area contributed by atoms with Crippen LogP contribution < -0.4 is 14.8 Å². The largest absolute Gasteiger partial charge is 0.493 e. The number of benzene rings is 1. The molecule has 0 aromatic heterocycles. The van der Waals surface area contributed by atoms with Crippen molar-refractivity contribution in [3.05, 3.63) is 22.2 Å². The van der Waals surface area contributed by atoms with Gasteiger partial charge in [0.25, 0.3) is 0 Å². The van der Waals surface area contributed by atoms with Gasteiger partial charge in [-0.1, -0.05) is 0 Å². The fraction of sp³-hybridized carbons (Fsp3) is 0.600. The minimum absolute atomic E-state index is 0.275. The van der Waals surface area contributed by atoms with E-state index < -0.39 is 0 Å². The van der Waals surface area contributed by atoms with Crippen LogP contribution in [-0.2, 0) is 11.3 Å². The molecule has 0 saturated carbocycles. The van der Waals surface area contributed by atoms with Crippen LogP contribution in [-0.4, -0.2) is 33.0 Å². The summed E-state index contributed by atoms with van der Waals surface area (Å²) in [5, 5.41) is 3.34. The summed E-state index contributed by atoms with van der Waals surface area (Å²) in [6.07, 6.45) is 0.275. The normalized spacial score (nSPS) is 10.9. The Balaban J connectivity index is 2.56. The number of ether oxygens (including phenoxy) is 3. The third kappa shape index (κ3) is 5.69. The van der Waals surface area contributed by atoms with E-state index in [9.17, 15) is 0 Å². The molecule has 0 bridgehead atoms. The molecule has 1 rings (SSSR count). The van der Waals surface area contributed by atoms with Crippen molar-refractivity contribution < 1.29 is 14.2 Å². The van der Waals surface area contributed by atoms with Crippen molar-refractivity contribution in [3.63, 3.8) is 0 Å². The van der Waals surface area contributed by atoms with Crippen LogP contribution >= 0.6 is 15.9 Å². The zero-order valence-corrected chi connectivity index (χ0v) is 14.2.